The standard InChI is InChI=1S/C22H20ClF3N4O3/c1-32-17-8-3-12(9-18(17)33-2)16-10-19(22(24,25)26)30-20(29-16)15(11-27-30)21(31)28-14-6-4-13(23)5-7-14/h3-9,11,16,19,29H,10H2,1-2H3,(H,28,31)/t16-,19-/m1/s1. The molecule has 0 bridgehead atoms. The molecule has 0 spiro atoms. The van der Waals surface area contributed by atoms with Crippen LogP contribution in [-0.2, 0) is 0 Å². The number of aromatic nitrogens is 2. The van der Waals surface area contributed by atoms with Gasteiger partial charge in [0.2, 0.25) is 0 Å². The molecule has 0 saturated heterocycles. The monoisotopic (exact) mass is 480 g/mol. The van der Waals surface area contributed by atoms with Gasteiger partial charge in [-0.15, -0.1) is 0 Å². The highest BCUT2D eigenvalue weighted by Crippen LogP contribution is 2.45. The minimum Gasteiger partial charge on any atom is -0.493 e. The summed E-state index contributed by atoms with van der Waals surface area (Å²) in [7, 11) is 2.92. The number of alkyl halides is 3. The van der Waals surface area contributed by atoms with E-state index < -0.39 is 24.2 Å². The Morgan fingerprint density at radius 2 is 1.85 bits per heavy atom. The number of rotatable bonds is 5. The summed E-state index contributed by atoms with van der Waals surface area (Å²) in [5.74, 6) is 0.229. The third-order valence-corrected chi connectivity index (χ3v) is 5.65. The number of carbonyl (C=O) groups is 1. The van der Waals surface area contributed by atoms with Crippen molar-refractivity contribution in [1.29, 1.82) is 0 Å². The number of nitrogens with zero attached hydrogens (tertiary/aromatic N) is 2. The molecule has 0 radical (unpaired) electrons. The lowest BCUT2D eigenvalue weighted by atomic mass is 9.96. The van der Waals surface area contributed by atoms with Crippen LogP contribution in [0.3, 0.4) is 0 Å². The molecular formula is C22H20ClF3N4O3. The molecule has 11 heteroatoms. The third-order valence-electron chi connectivity index (χ3n) is 5.40. The summed E-state index contributed by atoms with van der Waals surface area (Å²) in [5, 5.41) is 10.1. The van der Waals surface area contributed by atoms with Gasteiger partial charge in [-0.2, -0.15) is 18.3 Å². The van der Waals surface area contributed by atoms with Gasteiger partial charge in [0.05, 0.1) is 26.5 Å². The normalized spacial score (nSPS) is 17.6. The molecule has 0 unspecified atom stereocenters. The van der Waals surface area contributed by atoms with Gasteiger partial charge in [0.25, 0.3) is 5.91 Å². The zero-order valence-electron chi connectivity index (χ0n) is 17.6. The number of ether oxygens (including phenoxy) is 2. The van der Waals surface area contributed by atoms with Crippen LogP contribution in [0.4, 0.5) is 24.7 Å². The second-order valence-corrected chi connectivity index (χ2v) is 7.85. The van der Waals surface area contributed by atoms with Gasteiger partial charge in [-0.25, -0.2) is 4.68 Å². The van der Waals surface area contributed by atoms with Crippen LogP contribution in [-0.4, -0.2) is 36.1 Å². The van der Waals surface area contributed by atoms with Gasteiger partial charge >= 0.3 is 6.18 Å². The topological polar surface area (TPSA) is 77.4 Å². The van der Waals surface area contributed by atoms with E-state index in [0.29, 0.717) is 27.8 Å². The second-order valence-electron chi connectivity index (χ2n) is 7.42. The van der Waals surface area contributed by atoms with E-state index in [4.69, 9.17) is 21.1 Å². The number of anilines is 2. The molecule has 0 saturated carbocycles. The zero-order valence-corrected chi connectivity index (χ0v) is 18.4. The third kappa shape index (κ3) is 4.56. The van der Waals surface area contributed by atoms with Crippen LogP contribution >= 0.6 is 11.6 Å². The van der Waals surface area contributed by atoms with Crippen molar-refractivity contribution in [3.05, 3.63) is 64.8 Å². The fourth-order valence-corrected chi connectivity index (χ4v) is 3.87. The van der Waals surface area contributed by atoms with E-state index in [1.807, 2.05) is 0 Å². The molecule has 1 aliphatic rings. The molecule has 2 heterocycles. The fourth-order valence-electron chi connectivity index (χ4n) is 3.75. The lowest BCUT2D eigenvalue weighted by Gasteiger charge is -2.34. The van der Waals surface area contributed by atoms with Gasteiger partial charge in [0.15, 0.2) is 17.5 Å². The van der Waals surface area contributed by atoms with Gasteiger partial charge in [-0.3, -0.25) is 4.79 Å². The molecule has 174 valence electrons. The maximum absolute atomic E-state index is 13.9. The maximum atomic E-state index is 13.9. The molecule has 4 rings (SSSR count). The second kappa shape index (κ2) is 8.86. The molecule has 2 atom stereocenters. The molecule has 33 heavy (non-hydrogen) atoms. The van der Waals surface area contributed by atoms with Crippen LogP contribution in [0.2, 0.25) is 5.02 Å². The molecular weight excluding hydrogens is 461 g/mol. The predicted octanol–water partition coefficient (Wildman–Crippen LogP) is 5.47. The molecule has 2 N–H and O–H groups in total. The van der Waals surface area contributed by atoms with Crippen molar-refractivity contribution in [2.75, 3.05) is 24.9 Å². The summed E-state index contributed by atoms with van der Waals surface area (Å²) in [4.78, 5) is 12.9. The maximum Gasteiger partial charge on any atom is 0.410 e. The van der Waals surface area contributed by atoms with Crippen LogP contribution < -0.4 is 20.1 Å². The van der Waals surface area contributed by atoms with Crippen LogP contribution in [0, 0.1) is 0 Å². The minimum atomic E-state index is -4.57. The molecule has 0 aliphatic carbocycles. The molecule has 1 aromatic heterocycles. The van der Waals surface area contributed by atoms with Crippen LogP contribution in [0.5, 0.6) is 11.5 Å². The lowest BCUT2D eigenvalue weighted by Crippen LogP contribution is -2.36. The Balaban J connectivity index is 1.69. The molecule has 7 nitrogen and oxygen atoms in total. The first kappa shape index (κ1) is 22.8. The Bertz CT molecular complexity index is 1160. The van der Waals surface area contributed by atoms with E-state index in [9.17, 15) is 18.0 Å². The highest BCUT2D eigenvalue weighted by atomic mass is 35.5. The SMILES string of the molecule is COc1ccc([C@H]2C[C@H](C(F)(F)F)n3ncc(C(=O)Nc4ccc(Cl)cc4)c3N2)cc1OC. The van der Waals surface area contributed by atoms with Crippen molar-refractivity contribution in [2.24, 2.45) is 0 Å². The summed E-state index contributed by atoms with van der Waals surface area (Å²) in [6, 6.07) is 8.61. The van der Waals surface area contributed by atoms with E-state index in [-0.39, 0.29) is 17.8 Å². The Hall–Kier alpha value is -3.40. The number of hydrogen-bond donors (Lipinski definition) is 2. The van der Waals surface area contributed by atoms with Crippen LogP contribution in [0.15, 0.2) is 48.7 Å². The smallest absolute Gasteiger partial charge is 0.410 e. The van der Waals surface area contributed by atoms with Crippen molar-refractivity contribution < 1.29 is 27.4 Å². The molecule has 1 amide bonds. The van der Waals surface area contributed by atoms with Gasteiger partial charge < -0.3 is 20.1 Å². The summed E-state index contributed by atoms with van der Waals surface area (Å²) in [6.07, 6.45) is -3.75. The van der Waals surface area contributed by atoms with Gasteiger partial charge in [0, 0.05) is 17.1 Å². The van der Waals surface area contributed by atoms with Crippen molar-refractivity contribution in [1.82, 2.24) is 9.78 Å². The number of halogens is 4. The number of amides is 1. The van der Waals surface area contributed by atoms with E-state index in [1.165, 1.54) is 14.2 Å². The summed E-state index contributed by atoms with van der Waals surface area (Å²) in [6.45, 7) is 0. The number of fused-ring (bicyclic) bond motifs is 1. The number of nitrogens with one attached hydrogen (secondary N) is 2. The fraction of sp³-hybridized carbons (Fsp3) is 0.273. The zero-order chi connectivity index (χ0) is 23.8. The average Bonchev–Trinajstić information content (AvgIpc) is 3.22. The van der Waals surface area contributed by atoms with Crippen molar-refractivity contribution >= 4 is 29.0 Å². The van der Waals surface area contributed by atoms with Crippen molar-refractivity contribution in [3.8, 4) is 11.5 Å². The summed E-state index contributed by atoms with van der Waals surface area (Å²) < 4.78 is 53.1. The number of carbonyl (C=O) groups excluding carboxylic acids is 1. The Labute approximate surface area is 192 Å². The Morgan fingerprint density at radius 1 is 1.15 bits per heavy atom. The van der Waals surface area contributed by atoms with E-state index in [1.54, 1.807) is 42.5 Å². The first-order valence-electron chi connectivity index (χ1n) is 9.91. The Morgan fingerprint density at radius 3 is 2.48 bits per heavy atom. The predicted molar refractivity (Wildman–Crippen MR) is 117 cm³/mol. The number of methoxy groups -OCH3 is 2. The lowest BCUT2D eigenvalue weighted by molar-refractivity contribution is -0.173. The minimum absolute atomic E-state index is 0.00984. The molecule has 0 fully saturated rings. The van der Waals surface area contributed by atoms with E-state index >= 15 is 0 Å². The van der Waals surface area contributed by atoms with Crippen LogP contribution in [0.1, 0.15) is 34.4 Å². The molecule has 1 aliphatic heterocycles. The Kier molecular flexibility index (Phi) is 6.11. The van der Waals surface area contributed by atoms with Crippen molar-refractivity contribution in [2.45, 2.75) is 24.7 Å². The molecule has 2 aromatic carbocycles. The van der Waals surface area contributed by atoms with Gasteiger partial charge in [0.1, 0.15) is 11.4 Å². The van der Waals surface area contributed by atoms with Gasteiger partial charge in [-0.1, -0.05) is 17.7 Å². The number of benzene rings is 2. The first-order chi connectivity index (χ1) is 15.7. The van der Waals surface area contributed by atoms with Crippen LogP contribution in [0.25, 0.3) is 0 Å². The largest absolute Gasteiger partial charge is 0.493 e. The highest BCUT2D eigenvalue weighted by Gasteiger charge is 2.47. The van der Waals surface area contributed by atoms with Gasteiger partial charge in [-0.05, 0) is 42.0 Å². The summed E-state index contributed by atoms with van der Waals surface area (Å²) >= 11 is 5.86. The summed E-state index contributed by atoms with van der Waals surface area (Å²) in [5.41, 5.74) is 0.992. The van der Waals surface area contributed by atoms with E-state index in [0.717, 1.165) is 10.9 Å². The highest BCUT2D eigenvalue weighted by molar-refractivity contribution is 6.30. The molecule has 3 aromatic rings. The first-order valence-corrected chi connectivity index (χ1v) is 10.3. The van der Waals surface area contributed by atoms with E-state index in [2.05, 4.69) is 15.7 Å². The quantitative estimate of drug-likeness (QED) is 0.506. The average molecular weight is 481 g/mol. The number of hydrogen-bond acceptors (Lipinski definition) is 5. The van der Waals surface area contributed by atoms with Crippen molar-refractivity contribution in [3.63, 3.8) is 0 Å².